The van der Waals surface area contributed by atoms with Gasteiger partial charge in [0.05, 0.1) is 11.7 Å². The quantitative estimate of drug-likeness (QED) is 0.274. The van der Waals surface area contributed by atoms with Gasteiger partial charge in [-0.3, -0.25) is 4.79 Å². The normalized spacial score (nSPS) is 24.8. The molecule has 1 unspecified atom stereocenters. The van der Waals surface area contributed by atoms with E-state index in [2.05, 4.69) is 6.92 Å². The summed E-state index contributed by atoms with van der Waals surface area (Å²) in [6.07, 6.45) is 10.4. The first kappa shape index (κ1) is 21.9. The summed E-state index contributed by atoms with van der Waals surface area (Å²) in [5.74, 6) is -2.13. The van der Waals surface area contributed by atoms with Gasteiger partial charge in [0.2, 0.25) is 5.75 Å². The van der Waals surface area contributed by atoms with E-state index < -0.39 is 23.4 Å². The molecular weight excluding hydrogens is 377 g/mol. The summed E-state index contributed by atoms with van der Waals surface area (Å²) < 4.78 is 47.0. The number of unbranched alkanes of at least 4 members (excludes halogenated alkanes) is 2. The molecule has 5 heteroatoms. The van der Waals surface area contributed by atoms with E-state index in [-0.39, 0.29) is 11.7 Å². The van der Waals surface area contributed by atoms with Gasteiger partial charge in [0.25, 0.3) is 0 Å². The number of halogens is 3. The molecule has 160 valence electrons. The van der Waals surface area contributed by atoms with Crippen LogP contribution in [0.15, 0.2) is 24.0 Å². The highest BCUT2D eigenvalue weighted by Crippen LogP contribution is 2.40. The molecule has 0 aliphatic heterocycles. The molecule has 3 rings (SSSR count). The van der Waals surface area contributed by atoms with Crippen molar-refractivity contribution in [2.75, 3.05) is 0 Å². The lowest BCUT2D eigenvalue weighted by Crippen LogP contribution is -2.29. The van der Waals surface area contributed by atoms with Crippen LogP contribution in [0.5, 0.6) is 5.75 Å². The number of carbonyl (C=O) groups is 1. The average molecular weight is 409 g/mol. The van der Waals surface area contributed by atoms with E-state index in [0.29, 0.717) is 43.1 Å². The van der Waals surface area contributed by atoms with Crippen molar-refractivity contribution in [3.63, 3.8) is 0 Å². The van der Waals surface area contributed by atoms with Gasteiger partial charge in [-0.1, -0.05) is 25.8 Å². The minimum atomic E-state index is -0.811. The van der Waals surface area contributed by atoms with Crippen LogP contribution in [-0.4, -0.2) is 5.97 Å². The summed E-state index contributed by atoms with van der Waals surface area (Å²) in [4.78, 5) is 12.5. The lowest BCUT2D eigenvalue weighted by atomic mass is 9.72. The highest BCUT2D eigenvalue weighted by atomic mass is 19.1. The fraction of sp³-hybridized carbons (Fsp3) is 0.625. The lowest BCUT2D eigenvalue weighted by molar-refractivity contribution is -0.140. The number of esters is 1. The fourth-order valence-electron chi connectivity index (χ4n) is 4.69. The van der Waals surface area contributed by atoms with Gasteiger partial charge in [-0.05, 0) is 87.3 Å². The molecule has 1 saturated carbocycles. The summed E-state index contributed by atoms with van der Waals surface area (Å²) in [6.45, 7) is 2.07. The zero-order valence-electron chi connectivity index (χ0n) is 17.2. The fourth-order valence-corrected chi connectivity index (χ4v) is 4.69. The molecule has 0 N–H and O–H groups in total. The van der Waals surface area contributed by atoms with Gasteiger partial charge in [-0.15, -0.1) is 0 Å². The van der Waals surface area contributed by atoms with Gasteiger partial charge >= 0.3 is 5.97 Å². The number of rotatable bonds is 7. The maximum atomic E-state index is 14.3. The second-order valence-electron chi connectivity index (χ2n) is 8.56. The van der Waals surface area contributed by atoms with Gasteiger partial charge in [-0.2, -0.15) is 0 Å². The van der Waals surface area contributed by atoms with Crippen LogP contribution in [-0.2, 0) is 11.2 Å². The Morgan fingerprint density at radius 1 is 1.00 bits per heavy atom. The average Bonchev–Trinajstić information content (AvgIpc) is 2.71. The van der Waals surface area contributed by atoms with Crippen molar-refractivity contribution in [1.82, 2.24) is 0 Å². The number of aryl methyl sites for hydroxylation is 1. The van der Waals surface area contributed by atoms with E-state index >= 15 is 0 Å². The first-order chi connectivity index (χ1) is 14.0. The third-order valence-electron chi connectivity index (χ3n) is 6.50. The molecule has 1 atom stereocenters. The summed E-state index contributed by atoms with van der Waals surface area (Å²) in [7, 11) is 0. The summed E-state index contributed by atoms with van der Waals surface area (Å²) in [6, 6.07) is 2.54. The Bertz CT molecular complexity index is 713. The van der Waals surface area contributed by atoms with Crippen LogP contribution in [0.2, 0.25) is 0 Å². The largest absolute Gasteiger partial charge is 0.420 e. The zero-order chi connectivity index (χ0) is 20.8. The Labute approximate surface area is 171 Å². The molecule has 0 bridgehead atoms. The Balaban J connectivity index is 1.53. The molecule has 1 aromatic rings. The third-order valence-corrected chi connectivity index (χ3v) is 6.50. The van der Waals surface area contributed by atoms with Gasteiger partial charge in [0.15, 0.2) is 11.6 Å². The van der Waals surface area contributed by atoms with E-state index in [1.165, 1.54) is 12.1 Å². The van der Waals surface area contributed by atoms with Crippen LogP contribution in [0.1, 0.15) is 76.7 Å². The lowest BCUT2D eigenvalue weighted by Gasteiger charge is -2.34. The molecule has 0 radical (unpaired) electrons. The summed E-state index contributed by atoms with van der Waals surface area (Å²) in [5.41, 5.74) is 0.590. The SMILES string of the molecule is CCCCCc1cc(F)c(OC(=O)C2CCC(C3CC=C(F)CC3)CC2)c(F)c1. The first-order valence-corrected chi connectivity index (χ1v) is 11.0. The van der Waals surface area contributed by atoms with Crippen LogP contribution >= 0.6 is 0 Å². The standard InChI is InChI=1S/C24H31F3O2/c1-2-3-4-5-16-14-21(26)23(22(27)15-16)29-24(28)19-8-6-17(7-9-19)18-10-12-20(25)13-11-18/h12,14-15,17-19H,2-11,13H2,1H3. The second-order valence-corrected chi connectivity index (χ2v) is 8.56. The molecule has 2 aliphatic carbocycles. The third kappa shape index (κ3) is 5.86. The molecule has 2 aliphatic rings. The number of ether oxygens (including phenoxy) is 1. The number of allylic oxidation sites excluding steroid dienone is 2. The van der Waals surface area contributed by atoms with E-state index in [0.717, 1.165) is 44.9 Å². The summed E-state index contributed by atoms with van der Waals surface area (Å²) in [5, 5.41) is 0. The van der Waals surface area contributed by atoms with Crippen LogP contribution in [0.4, 0.5) is 13.2 Å². The number of hydrogen-bond acceptors (Lipinski definition) is 2. The van der Waals surface area contributed by atoms with E-state index in [4.69, 9.17) is 4.74 Å². The van der Waals surface area contributed by atoms with Crippen LogP contribution < -0.4 is 4.74 Å². The van der Waals surface area contributed by atoms with Gasteiger partial charge < -0.3 is 4.74 Å². The zero-order valence-corrected chi connectivity index (χ0v) is 17.2. The minimum absolute atomic E-state index is 0.0149. The summed E-state index contributed by atoms with van der Waals surface area (Å²) >= 11 is 0. The first-order valence-electron chi connectivity index (χ1n) is 11.0. The maximum absolute atomic E-state index is 14.3. The number of benzene rings is 1. The molecule has 0 amide bonds. The predicted molar refractivity (Wildman–Crippen MR) is 107 cm³/mol. The van der Waals surface area contributed by atoms with Crippen molar-refractivity contribution < 1.29 is 22.7 Å². The molecular formula is C24H31F3O2. The number of hydrogen-bond donors (Lipinski definition) is 0. The minimum Gasteiger partial charge on any atom is -0.420 e. The molecule has 2 nitrogen and oxygen atoms in total. The number of carbonyl (C=O) groups excluding carboxylic acids is 1. The highest BCUT2D eigenvalue weighted by Gasteiger charge is 2.33. The van der Waals surface area contributed by atoms with Gasteiger partial charge in [0, 0.05) is 0 Å². The smallest absolute Gasteiger partial charge is 0.314 e. The highest BCUT2D eigenvalue weighted by molar-refractivity contribution is 5.75. The molecule has 0 heterocycles. The molecule has 29 heavy (non-hydrogen) atoms. The Morgan fingerprint density at radius 3 is 2.28 bits per heavy atom. The van der Waals surface area contributed by atoms with Crippen LogP contribution in [0.25, 0.3) is 0 Å². The van der Waals surface area contributed by atoms with Gasteiger partial charge in [0.1, 0.15) is 0 Å². The molecule has 1 aromatic carbocycles. The predicted octanol–water partition coefficient (Wildman–Crippen LogP) is 7.06. The van der Waals surface area contributed by atoms with Crippen molar-refractivity contribution in [1.29, 1.82) is 0 Å². The van der Waals surface area contributed by atoms with E-state index in [1.54, 1.807) is 6.08 Å². The van der Waals surface area contributed by atoms with E-state index in [9.17, 15) is 18.0 Å². The molecule has 0 spiro atoms. The molecule has 0 aromatic heterocycles. The molecule has 1 fully saturated rings. The van der Waals surface area contributed by atoms with Crippen molar-refractivity contribution in [2.45, 2.75) is 77.6 Å². The Hall–Kier alpha value is -1.78. The van der Waals surface area contributed by atoms with Gasteiger partial charge in [-0.25, -0.2) is 13.2 Å². The molecule has 0 saturated heterocycles. The van der Waals surface area contributed by atoms with E-state index in [1.807, 2.05) is 0 Å². The van der Waals surface area contributed by atoms with Crippen LogP contribution in [0, 0.1) is 29.4 Å². The van der Waals surface area contributed by atoms with Crippen LogP contribution in [0.3, 0.4) is 0 Å². The van der Waals surface area contributed by atoms with Crippen molar-refractivity contribution in [2.24, 2.45) is 17.8 Å². The topological polar surface area (TPSA) is 26.3 Å². The van der Waals surface area contributed by atoms with Crippen molar-refractivity contribution in [3.8, 4) is 5.75 Å². The Kier molecular flexibility index (Phi) is 7.79. The maximum Gasteiger partial charge on any atom is 0.314 e. The monoisotopic (exact) mass is 408 g/mol. The van der Waals surface area contributed by atoms with Crippen molar-refractivity contribution >= 4 is 5.97 Å². The van der Waals surface area contributed by atoms with Crippen molar-refractivity contribution in [3.05, 3.63) is 41.2 Å². The second kappa shape index (κ2) is 10.3. The Morgan fingerprint density at radius 2 is 1.69 bits per heavy atom.